The predicted octanol–water partition coefficient (Wildman–Crippen LogP) is 14.9. The SMILES string of the molecule is C1CCOC1.CO.COC(=O)c1cc([N+](=O)[O-])c(Sc2ccccc2C(=O)OC)cc1C.COC(=O)c1ccccc1Sc1cc(C)c(C(=O)O)cc1N.COC(=O)c1ccccc1Sc1cc(C)c(C(=O)OC)c(C)c1N.COC(=O)c1ccccc1Sc1ccc(C(=O)OC)c(C)c1[N+](=O)[O-].Cc1cc2c(cc1C(=O)O)NC(=O)c1ccccc1S2.O.[2H]CI.[Li+].[OH-]. The van der Waals surface area contributed by atoms with Gasteiger partial charge in [-0.05, 0) is 196 Å². The average molecular weight is 1960 g/mol. The normalized spacial score (nSPS) is 10.8. The minimum Gasteiger partial charge on any atom is -0.870 e. The number of carboxylic acids is 2. The fourth-order valence-electron chi connectivity index (χ4n) is 11.5. The van der Waals surface area contributed by atoms with Crippen LogP contribution < -0.4 is 35.6 Å². The molecule has 10 aromatic rings. The third-order valence-corrected chi connectivity index (χ3v) is 23.4. The van der Waals surface area contributed by atoms with Crippen molar-refractivity contribution in [2.24, 2.45) is 0 Å². The molecular formula is C89H93ILiN5O27S5. The molecule has 128 heavy (non-hydrogen) atoms. The Morgan fingerprint density at radius 3 is 1.24 bits per heavy atom. The number of hydrogen-bond donors (Lipinski definition) is 6. The molecule has 10 aromatic carbocycles. The number of nitrogen functional groups attached to an aromatic ring is 2. The van der Waals surface area contributed by atoms with Gasteiger partial charge < -0.3 is 81.0 Å². The molecule has 0 unspecified atom stereocenters. The fraction of sp³-hybridized carbons (Fsp3) is 0.213. The number of aliphatic hydroxyl groups excluding tert-OH is 1. The first-order valence-corrected chi connectivity index (χ1v) is 42.3. The number of aliphatic hydroxyl groups is 1. The number of rotatable bonds is 19. The third-order valence-electron chi connectivity index (χ3n) is 17.7. The van der Waals surface area contributed by atoms with Crippen molar-refractivity contribution in [1.82, 2.24) is 0 Å². The van der Waals surface area contributed by atoms with E-state index < -0.39 is 63.6 Å². The Labute approximate surface area is 786 Å². The van der Waals surface area contributed by atoms with Gasteiger partial charge in [0.1, 0.15) is 0 Å². The summed E-state index contributed by atoms with van der Waals surface area (Å²) in [6.45, 7) is 12.2. The van der Waals surface area contributed by atoms with Gasteiger partial charge in [-0.15, -0.1) is 0 Å². The fourth-order valence-corrected chi connectivity index (χ4v) is 17.0. The second-order valence-electron chi connectivity index (χ2n) is 25.5. The van der Waals surface area contributed by atoms with Crippen LogP contribution in [0.25, 0.3) is 0 Å². The number of carboxylic acid groups (broad SMARTS) is 2. The number of nitrogens with one attached hydrogen (secondary N) is 1. The number of amides is 1. The van der Waals surface area contributed by atoms with Crippen LogP contribution in [0.5, 0.6) is 0 Å². The molecule has 32 nitrogen and oxygen atoms in total. The molecule has 39 heteroatoms. The number of alkyl halides is 1. The van der Waals surface area contributed by atoms with Crippen molar-refractivity contribution >= 4 is 169 Å². The molecule has 12 rings (SSSR count). The molecule has 0 atom stereocenters. The van der Waals surface area contributed by atoms with Crippen molar-refractivity contribution in [3.05, 3.63) is 285 Å². The zero-order valence-electron chi connectivity index (χ0n) is 73.0. The monoisotopic (exact) mass is 1960 g/mol. The number of fused-ring (bicyclic) bond motifs is 2. The number of aromatic carboxylic acids is 2. The van der Waals surface area contributed by atoms with Crippen LogP contribution in [0.3, 0.4) is 0 Å². The summed E-state index contributed by atoms with van der Waals surface area (Å²) in [5, 5.41) is 51.0. The van der Waals surface area contributed by atoms with E-state index in [0.29, 0.717) is 107 Å². The number of aryl methyl sites for hydroxylation is 4. The number of anilines is 3. The summed E-state index contributed by atoms with van der Waals surface area (Å²) in [7, 11) is 9.96. The number of hydrogen-bond acceptors (Lipinski definition) is 31. The maximum atomic E-state index is 12.2. The van der Waals surface area contributed by atoms with Gasteiger partial charge in [-0.1, -0.05) is 142 Å². The maximum absolute atomic E-state index is 12.2. The number of carbonyl (C=O) groups is 10. The van der Waals surface area contributed by atoms with E-state index in [1.165, 1.54) is 141 Å². The van der Waals surface area contributed by atoms with E-state index in [-0.39, 0.29) is 74.9 Å². The number of carbonyl (C=O) groups excluding carboxylic acids is 8. The number of ether oxygens (including phenoxy) is 8. The summed E-state index contributed by atoms with van der Waals surface area (Å²) in [4.78, 5) is 146. The van der Waals surface area contributed by atoms with Crippen LogP contribution in [0.15, 0.2) is 225 Å². The second-order valence-corrected chi connectivity index (χ2v) is 30.9. The number of nitro groups is 2. The molecule has 0 radical (unpaired) electrons. The Hall–Kier alpha value is -11.8. The first-order chi connectivity index (χ1) is 60.1. The molecule has 0 aromatic heterocycles. The van der Waals surface area contributed by atoms with Gasteiger partial charge in [0.25, 0.3) is 17.3 Å². The van der Waals surface area contributed by atoms with Crippen molar-refractivity contribution in [2.45, 2.75) is 103 Å². The smallest absolute Gasteiger partial charge is 0.870 e. The molecule has 2 aliphatic rings. The molecule has 0 spiro atoms. The summed E-state index contributed by atoms with van der Waals surface area (Å²) in [6.07, 6.45) is 2.56. The minimum atomic E-state index is -1.02. The van der Waals surface area contributed by atoms with Gasteiger partial charge in [0.2, 0.25) is 0 Å². The van der Waals surface area contributed by atoms with E-state index in [4.69, 9.17) is 56.6 Å². The molecule has 1 amide bonds. The summed E-state index contributed by atoms with van der Waals surface area (Å²) in [5.41, 5.74) is 19.8. The van der Waals surface area contributed by atoms with Crippen LogP contribution in [0.4, 0.5) is 28.4 Å². The molecular weight excluding hydrogens is 1870 g/mol. The van der Waals surface area contributed by atoms with Gasteiger partial charge in [-0.3, -0.25) is 25.0 Å². The van der Waals surface area contributed by atoms with E-state index in [1.54, 1.807) is 125 Å². The Kier molecular flexibility index (Phi) is 48.1. The van der Waals surface area contributed by atoms with Crippen LogP contribution >= 0.6 is 81.4 Å². The Morgan fingerprint density at radius 1 is 0.453 bits per heavy atom. The van der Waals surface area contributed by atoms with E-state index in [0.717, 1.165) is 69.0 Å². The van der Waals surface area contributed by atoms with Gasteiger partial charge >= 0.3 is 72.6 Å². The third kappa shape index (κ3) is 30.5. The van der Waals surface area contributed by atoms with Crippen molar-refractivity contribution in [1.29, 1.82) is 0 Å². The topological polar surface area (TPSA) is 517 Å². The van der Waals surface area contributed by atoms with Crippen LogP contribution in [0.2, 0.25) is 0 Å². The van der Waals surface area contributed by atoms with Crippen LogP contribution in [-0.4, -0.2) is 171 Å². The molecule has 11 N–H and O–H groups in total. The zero-order valence-corrected chi connectivity index (χ0v) is 78.3. The van der Waals surface area contributed by atoms with Crippen molar-refractivity contribution < 1.29 is 142 Å². The number of benzene rings is 10. The van der Waals surface area contributed by atoms with E-state index in [9.17, 15) is 68.2 Å². The van der Waals surface area contributed by atoms with E-state index in [2.05, 4.69) is 14.8 Å². The van der Waals surface area contributed by atoms with Gasteiger partial charge in [0, 0.05) is 83.9 Å². The Bertz CT molecular complexity index is 5610. The summed E-state index contributed by atoms with van der Waals surface area (Å²) < 4.78 is 44.3. The minimum absolute atomic E-state index is 0. The van der Waals surface area contributed by atoms with E-state index >= 15 is 0 Å². The van der Waals surface area contributed by atoms with Crippen LogP contribution in [0.1, 0.15) is 151 Å². The first-order valence-electron chi connectivity index (χ1n) is 37.4. The number of halogens is 1. The molecule has 2 aliphatic heterocycles. The number of nitrogens with two attached hydrogens (primary N) is 2. The number of nitrogens with zero attached hydrogens (tertiary/aromatic N) is 2. The van der Waals surface area contributed by atoms with Crippen LogP contribution in [-0.2, 0) is 37.9 Å². The Balaban J connectivity index is 0.000000528. The van der Waals surface area contributed by atoms with Gasteiger partial charge in [0.05, 0.1) is 131 Å². The second kappa shape index (κ2) is 55.7. The largest absolute Gasteiger partial charge is 1.00 e. The average Bonchev–Trinajstić information content (AvgIpc) is 1.77. The molecule has 0 bridgehead atoms. The molecule has 0 saturated carbocycles. The number of nitro benzene ring substituents is 2. The van der Waals surface area contributed by atoms with Gasteiger partial charge in [-0.2, -0.15) is 0 Å². The standard InChI is InChI=1S/C18H19NO4S.2C17H15NO6S.C16H15NO4S.C15H11NO3S.C4H8O.CH3I.CH4O.Li.2H2O/c1-10-9-14(16(19)11(2)15(10)18(21)23-4)24-13-8-6-5-7-12(13)17(20)22-3;1-10-8-15(13(18(21)22)9-12(10)17(20)24-3)25-14-7-5-4-6-11(14)16(19)23-2;1-10-11(16(19)23-2)8-9-14(15(10)18(21)22)25-13-7-5-4-6-12(13)17(20)24-3;1-9-7-14(12(17)8-11(9)15(18)19)22-13-6-4-3-5-10(13)16(20)21-2;1-8-6-13-11(7-10(8)15(18)19)16-14(17)9-4-2-3-5-12(9)20-13;1-2-4-5-3-1;2*1-2;;;/h5-9H,19H2,1-4H3;2*4-9H,1-3H3;3-8H,17H2,1-2H3,(H,18,19);2-7H,1H3,(H,16,17)(H,18,19);1-4H2;1H3;2H,1H3;;2*1H2/q;;;;;;;;+1;;/p-1/i;;;;;;1D;;;;. The van der Waals surface area contributed by atoms with Crippen molar-refractivity contribution in [3.8, 4) is 0 Å². The Morgan fingerprint density at radius 2 is 0.820 bits per heavy atom. The molecule has 0 aliphatic carbocycles. The number of esters is 7. The summed E-state index contributed by atoms with van der Waals surface area (Å²) in [5.74, 6) is -5.84. The first kappa shape index (κ1) is 110. The predicted molar refractivity (Wildman–Crippen MR) is 491 cm³/mol. The molecule has 674 valence electrons. The van der Waals surface area contributed by atoms with E-state index in [1.807, 2.05) is 72.0 Å². The van der Waals surface area contributed by atoms with Crippen molar-refractivity contribution in [2.75, 3.05) is 91.8 Å². The van der Waals surface area contributed by atoms with Gasteiger partial charge in [0.15, 0.2) is 0 Å². The van der Waals surface area contributed by atoms with Gasteiger partial charge in [-0.25, -0.2) is 43.2 Å². The molecule has 2 heterocycles. The summed E-state index contributed by atoms with van der Waals surface area (Å²) in [6, 6.07) is 48.7. The van der Waals surface area contributed by atoms with Crippen LogP contribution in [0, 0.1) is 61.8 Å². The van der Waals surface area contributed by atoms with Crippen molar-refractivity contribution in [3.63, 3.8) is 0 Å². The zero-order chi connectivity index (χ0) is 93.8. The number of methoxy groups -OCH3 is 7. The summed E-state index contributed by atoms with van der Waals surface area (Å²) >= 11 is 8.20. The maximum Gasteiger partial charge on any atom is 1.00 e. The molecule has 1 fully saturated rings. The quantitative estimate of drug-likeness (QED) is 0.00640. The molecule has 1 saturated heterocycles.